The molecule has 3 unspecified atom stereocenters. The van der Waals surface area contributed by atoms with Crippen molar-refractivity contribution in [3.05, 3.63) is 0 Å². The van der Waals surface area contributed by atoms with Gasteiger partial charge in [-0.3, -0.25) is 4.79 Å². The van der Waals surface area contributed by atoms with Crippen molar-refractivity contribution in [3.63, 3.8) is 0 Å². The number of nitrogens with one attached hydrogen (secondary N) is 1. The Balaban J connectivity index is 1.97. The van der Waals surface area contributed by atoms with Crippen LogP contribution in [0.1, 0.15) is 26.2 Å². The molecule has 2 fully saturated rings. The van der Waals surface area contributed by atoms with Crippen molar-refractivity contribution < 1.29 is 4.79 Å². The van der Waals surface area contributed by atoms with E-state index in [0.29, 0.717) is 18.0 Å². The van der Waals surface area contributed by atoms with E-state index in [9.17, 15) is 4.79 Å². The predicted octanol–water partition coefficient (Wildman–Crippen LogP) is 0.537. The summed E-state index contributed by atoms with van der Waals surface area (Å²) in [6.07, 6.45) is 3.34. The van der Waals surface area contributed by atoms with Crippen LogP contribution in [-0.4, -0.2) is 61.5 Å². The van der Waals surface area contributed by atoms with Gasteiger partial charge in [0.2, 0.25) is 5.91 Å². The van der Waals surface area contributed by atoms with Gasteiger partial charge in [0.15, 0.2) is 0 Å². The van der Waals surface area contributed by atoms with Crippen LogP contribution >= 0.6 is 0 Å². The second kappa shape index (κ2) is 5.36. The van der Waals surface area contributed by atoms with Crippen LogP contribution in [0.2, 0.25) is 0 Å². The molecule has 2 heterocycles. The van der Waals surface area contributed by atoms with Gasteiger partial charge in [-0.15, -0.1) is 0 Å². The van der Waals surface area contributed by atoms with Crippen molar-refractivity contribution in [2.75, 3.05) is 33.7 Å². The van der Waals surface area contributed by atoms with Gasteiger partial charge < -0.3 is 15.1 Å². The van der Waals surface area contributed by atoms with E-state index >= 15 is 0 Å². The lowest BCUT2D eigenvalue weighted by Gasteiger charge is -2.30. The smallest absolute Gasteiger partial charge is 0.227 e. The summed E-state index contributed by atoms with van der Waals surface area (Å²) < 4.78 is 0. The molecule has 0 saturated carbocycles. The van der Waals surface area contributed by atoms with Crippen molar-refractivity contribution in [1.29, 1.82) is 0 Å². The van der Waals surface area contributed by atoms with E-state index in [-0.39, 0.29) is 5.92 Å². The Morgan fingerprint density at radius 2 is 2.18 bits per heavy atom. The normalized spacial score (nSPS) is 33.6. The van der Waals surface area contributed by atoms with Gasteiger partial charge in [-0.2, -0.15) is 0 Å². The maximum Gasteiger partial charge on any atom is 0.227 e. The summed E-state index contributed by atoms with van der Waals surface area (Å²) in [6, 6.07) is 0.786. The van der Waals surface area contributed by atoms with E-state index in [4.69, 9.17) is 0 Å². The number of carbonyl (C=O) groups is 1. The largest absolute Gasteiger partial charge is 0.338 e. The Bertz CT molecular complexity index is 280. The van der Waals surface area contributed by atoms with Crippen LogP contribution in [0.4, 0.5) is 0 Å². The molecular formula is C13H25N3O. The monoisotopic (exact) mass is 239 g/mol. The fraction of sp³-hybridized carbons (Fsp3) is 0.923. The molecule has 0 bridgehead atoms. The maximum absolute atomic E-state index is 12.5. The number of likely N-dealkylation sites (tertiary alicyclic amines) is 1. The molecule has 0 aromatic rings. The fourth-order valence-electron chi connectivity index (χ4n) is 3.15. The number of rotatable bonds is 3. The summed E-state index contributed by atoms with van der Waals surface area (Å²) in [5.74, 6) is 0.588. The third kappa shape index (κ3) is 2.80. The van der Waals surface area contributed by atoms with Gasteiger partial charge in [0.25, 0.3) is 0 Å². The molecule has 2 rings (SSSR count). The van der Waals surface area contributed by atoms with Gasteiger partial charge in [0, 0.05) is 25.2 Å². The van der Waals surface area contributed by atoms with Crippen molar-refractivity contribution in [3.8, 4) is 0 Å². The first-order valence-electron chi connectivity index (χ1n) is 6.78. The molecule has 0 spiro atoms. The third-order valence-corrected chi connectivity index (χ3v) is 4.08. The Kier molecular flexibility index (Phi) is 4.05. The molecule has 0 aliphatic carbocycles. The van der Waals surface area contributed by atoms with Crippen LogP contribution in [0.15, 0.2) is 0 Å². The Labute approximate surface area is 104 Å². The van der Waals surface area contributed by atoms with E-state index in [1.165, 1.54) is 12.8 Å². The molecule has 0 radical (unpaired) electrons. The molecule has 1 amide bonds. The van der Waals surface area contributed by atoms with Crippen molar-refractivity contribution >= 4 is 5.91 Å². The molecule has 2 aliphatic heterocycles. The zero-order valence-corrected chi connectivity index (χ0v) is 11.3. The summed E-state index contributed by atoms with van der Waals surface area (Å²) in [5, 5.41) is 3.37. The number of likely N-dealkylation sites (N-methyl/N-ethyl adjacent to an activating group) is 1. The molecule has 1 N–H and O–H groups in total. The fourth-order valence-corrected chi connectivity index (χ4v) is 3.15. The second-order valence-corrected chi connectivity index (χ2v) is 5.73. The van der Waals surface area contributed by atoms with Crippen LogP contribution in [0.3, 0.4) is 0 Å². The standard InChI is InChI=1S/C13H25N3O/c1-10-12(6-7-14-10)13(17)16-8-4-5-11(16)9-15(2)3/h10-12,14H,4-9H2,1-3H3. The second-order valence-electron chi connectivity index (χ2n) is 5.73. The topological polar surface area (TPSA) is 35.6 Å². The summed E-state index contributed by atoms with van der Waals surface area (Å²) in [7, 11) is 4.17. The summed E-state index contributed by atoms with van der Waals surface area (Å²) in [6.45, 7) is 5.08. The average Bonchev–Trinajstić information content (AvgIpc) is 2.85. The first kappa shape index (κ1) is 12.8. The van der Waals surface area contributed by atoms with Crippen LogP contribution in [-0.2, 0) is 4.79 Å². The van der Waals surface area contributed by atoms with Crippen LogP contribution in [0.25, 0.3) is 0 Å². The van der Waals surface area contributed by atoms with Gasteiger partial charge in [-0.05, 0) is 46.8 Å². The number of amides is 1. The number of nitrogens with zero attached hydrogens (tertiary/aromatic N) is 2. The quantitative estimate of drug-likeness (QED) is 0.781. The third-order valence-electron chi connectivity index (χ3n) is 4.08. The minimum Gasteiger partial charge on any atom is -0.338 e. The first-order chi connectivity index (χ1) is 8.09. The molecule has 0 aromatic carbocycles. The number of hydrogen-bond donors (Lipinski definition) is 1. The van der Waals surface area contributed by atoms with Crippen molar-refractivity contribution in [2.45, 2.75) is 38.3 Å². The summed E-state index contributed by atoms with van der Waals surface area (Å²) in [4.78, 5) is 16.8. The van der Waals surface area contributed by atoms with Gasteiger partial charge in [-0.1, -0.05) is 0 Å². The number of carbonyl (C=O) groups excluding carboxylic acids is 1. The summed E-state index contributed by atoms with van der Waals surface area (Å²) >= 11 is 0. The van der Waals surface area contributed by atoms with E-state index in [2.05, 4.69) is 36.1 Å². The highest BCUT2D eigenvalue weighted by atomic mass is 16.2. The highest BCUT2D eigenvalue weighted by Gasteiger charge is 2.37. The molecule has 0 aromatic heterocycles. The van der Waals surface area contributed by atoms with E-state index in [1.54, 1.807) is 0 Å². The molecule has 4 heteroatoms. The molecule has 4 nitrogen and oxygen atoms in total. The van der Waals surface area contributed by atoms with Crippen LogP contribution in [0.5, 0.6) is 0 Å². The van der Waals surface area contributed by atoms with E-state index < -0.39 is 0 Å². The highest BCUT2D eigenvalue weighted by molar-refractivity contribution is 5.80. The van der Waals surface area contributed by atoms with Gasteiger partial charge >= 0.3 is 0 Å². The molecule has 2 saturated heterocycles. The first-order valence-corrected chi connectivity index (χ1v) is 6.78. The van der Waals surface area contributed by atoms with Gasteiger partial charge in [0.1, 0.15) is 0 Å². The molecule has 17 heavy (non-hydrogen) atoms. The molecule has 3 atom stereocenters. The predicted molar refractivity (Wildman–Crippen MR) is 68.9 cm³/mol. The van der Waals surface area contributed by atoms with Crippen LogP contribution < -0.4 is 5.32 Å². The van der Waals surface area contributed by atoms with Gasteiger partial charge in [-0.25, -0.2) is 0 Å². The van der Waals surface area contributed by atoms with Crippen LogP contribution in [0, 0.1) is 5.92 Å². The minimum absolute atomic E-state index is 0.206. The van der Waals surface area contributed by atoms with E-state index in [0.717, 1.165) is 26.1 Å². The highest BCUT2D eigenvalue weighted by Crippen LogP contribution is 2.24. The zero-order valence-electron chi connectivity index (χ0n) is 11.3. The number of hydrogen-bond acceptors (Lipinski definition) is 3. The Morgan fingerprint density at radius 1 is 1.41 bits per heavy atom. The summed E-state index contributed by atoms with van der Waals surface area (Å²) in [5.41, 5.74) is 0. The Morgan fingerprint density at radius 3 is 2.76 bits per heavy atom. The minimum atomic E-state index is 0.206. The Hall–Kier alpha value is -0.610. The van der Waals surface area contributed by atoms with Crippen molar-refractivity contribution in [1.82, 2.24) is 15.1 Å². The lowest BCUT2D eigenvalue weighted by molar-refractivity contribution is -0.136. The maximum atomic E-state index is 12.5. The van der Waals surface area contributed by atoms with E-state index in [1.807, 2.05) is 0 Å². The average molecular weight is 239 g/mol. The zero-order chi connectivity index (χ0) is 12.4. The molecule has 2 aliphatic rings. The van der Waals surface area contributed by atoms with Crippen molar-refractivity contribution in [2.24, 2.45) is 5.92 Å². The molecular weight excluding hydrogens is 214 g/mol. The molecule has 98 valence electrons. The lowest BCUT2D eigenvalue weighted by atomic mass is 10.00. The van der Waals surface area contributed by atoms with Gasteiger partial charge in [0.05, 0.1) is 5.92 Å². The lowest BCUT2D eigenvalue weighted by Crippen LogP contribution is -2.46. The SMILES string of the molecule is CC1NCCC1C(=O)N1CCCC1CN(C)C.